The van der Waals surface area contributed by atoms with E-state index < -0.39 is 10.0 Å². The minimum Gasteiger partial charge on any atom is -0.508 e. The van der Waals surface area contributed by atoms with Gasteiger partial charge in [0.2, 0.25) is 10.0 Å². The lowest BCUT2D eigenvalue weighted by Gasteiger charge is -2.21. The van der Waals surface area contributed by atoms with Crippen LogP contribution in [0.1, 0.15) is 22.5 Å². The molecule has 0 unspecified atom stereocenters. The number of sulfonamides is 1. The largest absolute Gasteiger partial charge is 0.508 e. The summed E-state index contributed by atoms with van der Waals surface area (Å²) in [5.41, 5.74) is 3.81. The van der Waals surface area contributed by atoms with Crippen LogP contribution in [0.2, 0.25) is 0 Å². The van der Waals surface area contributed by atoms with Gasteiger partial charge in [0.05, 0.1) is 4.90 Å². The molecular formula is C21H23N3O3S. The molecule has 0 aliphatic carbocycles. The number of benzene rings is 2. The maximum Gasteiger partial charge on any atom is 0.243 e. The zero-order valence-electron chi connectivity index (χ0n) is 16.3. The number of hydrogen-bond acceptors (Lipinski definition) is 5. The van der Waals surface area contributed by atoms with Gasteiger partial charge in [0.15, 0.2) is 0 Å². The first kappa shape index (κ1) is 20.0. The molecule has 0 spiro atoms. The Morgan fingerprint density at radius 1 is 1.00 bits per heavy atom. The molecule has 0 atom stereocenters. The smallest absolute Gasteiger partial charge is 0.243 e. The zero-order chi connectivity index (χ0) is 20.5. The highest BCUT2D eigenvalue weighted by molar-refractivity contribution is 7.89. The molecule has 0 saturated heterocycles. The number of aromatic hydroxyl groups is 1. The molecular weight excluding hydrogens is 374 g/mol. The molecule has 146 valence electrons. The Balaban J connectivity index is 2.07. The summed E-state index contributed by atoms with van der Waals surface area (Å²) in [4.78, 5) is 8.63. The summed E-state index contributed by atoms with van der Waals surface area (Å²) in [6.45, 7) is 5.76. The van der Waals surface area contributed by atoms with E-state index in [0.717, 1.165) is 11.1 Å². The van der Waals surface area contributed by atoms with Gasteiger partial charge in [-0.05, 0) is 61.7 Å². The molecule has 0 bridgehead atoms. The van der Waals surface area contributed by atoms with Gasteiger partial charge in [-0.2, -0.15) is 4.31 Å². The summed E-state index contributed by atoms with van der Waals surface area (Å²) in [6.07, 6.45) is 3.28. The van der Waals surface area contributed by atoms with Crippen LogP contribution >= 0.6 is 0 Å². The van der Waals surface area contributed by atoms with Crippen LogP contribution in [0.3, 0.4) is 0 Å². The summed E-state index contributed by atoms with van der Waals surface area (Å²) < 4.78 is 28.0. The van der Waals surface area contributed by atoms with Gasteiger partial charge in [-0.3, -0.25) is 0 Å². The number of phenolic OH excluding ortho intramolecular Hbond substituents is 1. The van der Waals surface area contributed by atoms with E-state index in [9.17, 15) is 13.5 Å². The van der Waals surface area contributed by atoms with Gasteiger partial charge in [-0.25, -0.2) is 18.4 Å². The molecule has 0 amide bonds. The lowest BCUT2D eigenvalue weighted by Crippen LogP contribution is -2.27. The maximum atomic E-state index is 13.4. The zero-order valence-corrected chi connectivity index (χ0v) is 17.2. The molecule has 0 aliphatic heterocycles. The number of phenols is 1. The molecule has 28 heavy (non-hydrogen) atoms. The van der Waals surface area contributed by atoms with Gasteiger partial charge >= 0.3 is 0 Å². The Hall–Kier alpha value is -2.77. The molecule has 2 aromatic carbocycles. The van der Waals surface area contributed by atoms with Crippen LogP contribution in [-0.4, -0.2) is 34.8 Å². The van der Waals surface area contributed by atoms with Crippen LogP contribution in [0.4, 0.5) is 0 Å². The molecule has 0 radical (unpaired) electrons. The second-order valence-electron chi connectivity index (χ2n) is 6.88. The van der Waals surface area contributed by atoms with Gasteiger partial charge in [0, 0.05) is 37.1 Å². The van der Waals surface area contributed by atoms with Crippen molar-refractivity contribution in [3.63, 3.8) is 0 Å². The lowest BCUT2D eigenvalue weighted by atomic mass is 10.0. The van der Waals surface area contributed by atoms with E-state index in [0.29, 0.717) is 22.5 Å². The van der Waals surface area contributed by atoms with Crippen molar-refractivity contribution in [2.45, 2.75) is 32.2 Å². The van der Waals surface area contributed by atoms with E-state index in [1.165, 1.54) is 11.4 Å². The molecule has 3 aromatic rings. The fourth-order valence-corrected chi connectivity index (χ4v) is 4.36. The molecule has 3 rings (SSSR count). The Kier molecular flexibility index (Phi) is 5.49. The highest BCUT2D eigenvalue weighted by Gasteiger charge is 2.26. The number of aromatic nitrogens is 2. The van der Waals surface area contributed by atoms with Crippen molar-refractivity contribution in [3.05, 3.63) is 71.3 Å². The summed E-state index contributed by atoms with van der Waals surface area (Å²) in [6, 6.07) is 10.1. The maximum absolute atomic E-state index is 13.4. The van der Waals surface area contributed by atoms with Crippen LogP contribution in [0.15, 0.2) is 53.7 Å². The van der Waals surface area contributed by atoms with E-state index in [2.05, 4.69) is 9.97 Å². The lowest BCUT2D eigenvalue weighted by molar-refractivity contribution is 0.458. The Morgan fingerprint density at radius 2 is 1.64 bits per heavy atom. The summed E-state index contributed by atoms with van der Waals surface area (Å²) in [7, 11) is -2.25. The third-order valence-corrected chi connectivity index (χ3v) is 6.54. The monoisotopic (exact) mass is 397 g/mol. The van der Waals surface area contributed by atoms with Crippen molar-refractivity contribution >= 4 is 10.0 Å². The van der Waals surface area contributed by atoms with Crippen LogP contribution in [0, 0.1) is 20.8 Å². The number of nitrogens with zero attached hydrogens (tertiary/aromatic N) is 3. The summed E-state index contributed by atoms with van der Waals surface area (Å²) >= 11 is 0. The highest BCUT2D eigenvalue weighted by atomic mass is 32.2. The summed E-state index contributed by atoms with van der Waals surface area (Å²) in [5, 5.41) is 9.65. The average Bonchev–Trinajstić information content (AvgIpc) is 2.64. The molecule has 1 heterocycles. The third kappa shape index (κ3) is 4.05. The van der Waals surface area contributed by atoms with Gasteiger partial charge in [-0.15, -0.1) is 0 Å². The fourth-order valence-electron chi connectivity index (χ4n) is 2.93. The van der Waals surface area contributed by atoms with Crippen LogP contribution in [0.5, 0.6) is 5.75 Å². The topological polar surface area (TPSA) is 83.4 Å². The number of aryl methyl sites for hydroxylation is 3. The van der Waals surface area contributed by atoms with Crippen LogP contribution < -0.4 is 0 Å². The first-order chi connectivity index (χ1) is 13.2. The molecule has 0 saturated carbocycles. The second-order valence-corrected chi connectivity index (χ2v) is 8.90. The van der Waals surface area contributed by atoms with Gasteiger partial charge in [0.1, 0.15) is 11.6 Å². The van der Waals surface area contributed by atoms with Crippen molar-refractivity contribution in [2.75, 3.05) is 7.05 Å². The molecule has 1 aromatic heterocycles. The predicted molar refractivity (Wildman–Crippen MR) is 108 cm³/mol. The second kappa shape index (κ2) is 7.69. The third-order valence-electron chi connectivity index (χ3n) is 4.69. The quantitative estimate of drug-likeness (QED) is 0.711. The molecule has 7 heteroatoms. The van der Waals surface area contributed by atoms with E-state index in [1.807, 2.05) is 19.9 Å². The van der Waals surface area contributed by atoms with Crippen molar-refractivity contribution in [1.29, 1.82) is 0 Å². The molecule has 0 fully saturated rings. The standard InChI is InChI=1S/C21H23N3O3S/c1-14-8-20(18-11-22-16(3)23-12-18)21(9-15(14)2)28(26,27)24(4)13-17-6-5-7-19(25)10-17/h5-12,25H,13H2,1-4H3. The van der Waals surface area contributed by atoms with Crippen molar-refractivity contribution < 1.29 is 13.5 Å². The minimum absolute atomic E-state index is 0.104. The number of hydrogen-bond donors (Lipinski definition) is 1. The van der Waals surface area contributed by atoms with Crippen LogP contribution in [-0.2, 0) is 16.6 Å². The Morgan fingerprint density at radius 3 is 2.29 bits per heavy atom. The fraction of sp³-hybridized carbons (Fsp3) is 0.238. The first-order valence-corrected chi connectivity index (χ1v) is 10.3. The number of rotatable bonds is 5. The van der Waals surface area contributed by atoms with Crippen molar-refractivity contribution in [3.8, 4) is 16.9 Å². The molecule has 0 aliphatic rings. The molecule has 6 nitrogen and oxygen atoms in total. The van der Waals surface area contributed by atoms with Gasteiger partial charge in [0.25, 0.3) is 0 Å². The van der Waals surface area contributed by atoms with E-state index >= 15 is 0 Å². The van der Waals surface area contributed by atoms with E-state index in [1.54, 1.807) is 49.6 Å². The van der Waals surface area contributed by atoms with E-state index in [4.69, 9.17) is 0 Å². The predicted octanol–water partition coefficient (Wildman–Crippen LogP) is 3.60. The molecule has 1 N–H and O–H groups in total. The van der Waals surface area contributed by atoms with Crippen molar-refractivity contribution in [2.24, 2.45) is 0 Å². The van der Waals surface area contributed by atoms with Crippen molar-refractivity contribution in [1.82, 2.24) is 14.3 Å². The first-order valence-electron chi connectivity index (χ1n) is 8.83. The highest BCUT2D eigenvalue weighted by Crippen LogP contribution is 2.32. The Bertz CT molecular complexity index is 1110. The van der Waals surface area contributed by atoms with Gasteiger partial charge < -0.3 is 5.11 Å². The Labute approximate surface area is 165 Å². The minimum atomic E-state index is -3.78. The van der Waals surface area contributed by atoms with E-state index in [-0.39, 0.29) is 17.2 Å². The average molecular weight is 398 g/mol. The van der Waals surface area contributed by atoms with Gasteiger partial charge in [-0.1, -0.05) is 12.1 Å². The SMILES string of the molecule is Cc1ncc(-c2cc(C)c(C)cc2S(=O)(=O)N(C)Cc2cccc(O)c2)cn1. The normalized spacial score (nSPS) is 11.8. The summed E-state index contributed by atoms with van der Waals surface area (Å²) in [5.74, 6) is 0.727. The van der Waals surface area contributed by atoms with Crippen LogP contribution in [0.25, 0.3) is 11.1 Å².